The molecule has 3 aromatic rings. The third kappa shape index (κ3) is 3.76. The van der Waals surface area contributed by atoms with Gasteiger partial charge in [0.2, 0.25) is 10.0 Å². The van der Waals surface area contributed by atoms with E-state index in [9.17, 15) is 8.42 Å². The largest absolute Gasteiger partial charge is 0.494 e. The van der Waals surface area contributed by atoms with Crippen LogP contribution in [0.25, 0.3) is 11.0 Å². The number of sulfonamides is 1. The molecule has 28 heavy (non-hydrogen) atoms. The maximum Gasteiger partial charge on any atom is 0.243 e. The van der Waals surface area contributed by atoms with Crippen LogP contribution >= 0.6 is 0 Å². The Balaban J connectivity index is 1.40. The van der Waals surface area contributed by atoms with E-state index in [1.54, 1.807) is 28.6 Å². The summed E-state index contributed by atoms with van der Waals surface area (Å²) in [6, 6.07) is 14.7. The molecule has 1 fully saturated rings. The molecule has 1 aliphatic heterocycles. The molecule has 0 atom stereocenters. The van der Waals surface area contributed by atoms with Crippen LogP contribution in [-0.2, 0) is 16.7 Å². The van der Waals surface area contributed by atoms with Gasteiger partial charge in [-0.25, -0.2) is 13.4 Å². The number of piperazine rings is 1. The topological polar surface area (TPSA) is 68.9 Å². The van der Waals surface area contributed by atoms with Gasteiger partial charge in [0.1, 0.15) is 12.1 Å². The summed E-state index contributed by atoms with van der Waals surface area (Å²) in [5.74, 6) is 0.684. The van der Waals surface area contributed by atoms with Gasteiger partial charge in [0.25, 0.3) is 0 Å². The summed E-state index contributed by atoms with van der Waals surface area (Å²) in [6.07, 6.45) is 1.86. The zero-order chi connectivity index (χ0) is 19.6. The molecular formula is C20H25N4O3S+. The Bertz CT molecular complexity index is 1040. The molecule has 148 valence electrons. The second kappa shape index (κ2) is 7.90. The minimum atomic E-state index is -3.47. The van der Waals surface area contributed by atoms with Crippen molar-refractivity contribution in [2.24, 2.45) is 0 Å². The van der Waals surface area contributed by atoms with Crippen LogP contribution < -0.4 is 9.64 Å². The Labute approximate surface area is 165 Å². The van der Waals surface area contributed by atoms with Gasteiger partial charge in [-0.05, 0) is 43.3 Å². The predicted molar refractivity (Wildman–Crippen MR) is 107 cm³/mol. The molecule has 4 rings (SSSR count). The van der Waals surface area contributed by atoms with E-state index in [-0.39, 0.29) is 0 Å². The average molecular weight is 402 g/mol. The average Bonchev–Trinajstić information content (AvgIpc) is 3.12. The minimum Gasteiger partial charge on any atom is -0.494 e. The molecule has 1 N–H and O–H groups in total. The Hall–Kier alpha value is -2.42. The van der Waals surface area contributed by atoms with Crippen LogP contribution in [0, 0.1) is 0 Å². The van der Waals surface area contributed by atoms with Crippen LogP contribution in [0.2, 0.25) is 0 Å². The van der Waals surface area contributed by atoms with Gasteiger partial charge in [-0.1, -0.05) is 12.1 Å². The molecule has 0 unspecified atom stereocenters. The number of nitrogens with one attached hydrogen (secondary N) is 1. The Morgan fingerprint density at radius 1 is 1.07 bits per heavy atom. The van der Waals surface area contributed by atoms with Gasteiger partial charge in [-0.15, -0.1) is 0 Å². The Kier molecular flexibility index (Phi) is 5.34. The zero-order valence-electron chi connectivity index (χ0n) is 15.9. The molecule has 0 saturated carbocycles. The van der Waals surface area contributed by atoms with Crippen molar-refractivity contribution < 1.29 is 18.1 Å². The summed E-state index contributed by atoms with van der Waals surface area (Å²) in [5.41, 5.74) is 2.10. The van der Waals surface area contributed by atoms with E-state index in [2.05, 4.69) is 15.6 Å². The molecule has 2 aromatic carbocycles. The van der Waals surface area contributed by atoms with E-state index in [4.69, 9.17) is 4.74 Å². The molecule has 0 amide bonds. The van der Waals surface area contributed by atoms with Crippen LogP contribution in [0.3, 0.4) is 0 Å². The SMILES string of the molecule is CCOc1ccc(S(=O)(=O)N2CC[NH+](Cn3cnc4ccccc43)CC2)cc1. The van der Waals surface area contributed by atoms with Crippen molar-refractivity contribution in [3.63, 3.8) is 0 Å². The van der Waals surface area contributed by atoms with Crippen molar-refractivity contribution in [3.05, 3.63) is 54.9 Å². The summed E-state index contributed by atoms with van der Waals surface area (Å²) >= 11 is 0. The number of para-hydroxylation sites is 2. The molecule has 0 spiro atoms. The van der Waals surface area contributed by atoms with E-state index >= 15 is 0 Å². The fourth-order valence-corrected chi connectivity index (χ4v) is 5.04. The van der Waals surface area contributed by atoms with Gasteiger partial charge >= 0.3 is 0 Å². The Morgan fingerprint density at radius 3 is 2.50 bits per heavy atom. The molecule has 8 heteroatoms. The van der Waals surface area contributed by atoms with Crippen LogP contribution in [0.1, 0.15) is 6.92 Å². The summed E-state index contributed by atoms with van der Waals surface area (Å²) in [5, 5.41) is 0. The van der Waals surface area contributed by atoms with Crippen molar-refractivity contribution in [3.8, 4) is 5.75 Å². The number of nitrogens with zero attached hydrogens (tertiary/aromatic N) is 3. The number of rotatable bonds is 6. The maximum absolute atomic E-state index is 12.9. The maximum atomic E-state index is 12.9. The van der Waals surface area contributed by atoms with E-state index in [0.717, 1.165) is 30.8 Å². The Morgan fingerprint density at radius 2 is 1.79 bits per heavy atom. The summed E-state index contributed by atoms with van der Waals surface area (Å²) in [6.45, 7) is 5.81. The number of fused-ring (bicyclic) bond motifs is 1. The highest BCUT2D eigenvalue weighted by atomic mass is 32.2. The van der Waals surface area contributed by atoms with Crippen LogP contribution in [-0.4, -0.2) is 55.1 Å². The van der Waals surface area contributed by atoms with Gasteiger partial charge in [-0.3, -0.25) is 4.57 Å². The number of hydrogen-bond donors (Lipinski definition) is 1. The lowest BCUT2D eigenvalue weighted by atomic mass is 10.3. The number of aromatic nitrogens is 2. The van der Waals surface area contributed by atoms with Gasteiger partial charge in [-0.2, -0.15) is 4.31 Å². The molecule has 2 heterocycles. The number of benzene rings is 2. The lowest BCUT2D eigenvalue weighted by Gasteiger charge is -2.31. The van der Waals surface area contributed by atoms with Gasteiger partial charge < -0.3 is 9.64 Å². The molecule has 0 bridgehead atoms. The third-order valence-corrected chi connectivity index (χ3v) is 7.04. The first-order valence-electron chi connectivity index (χ1n) is 9.54. The number of imidazole rings is 1. The number of hydrogen-bond acceptors (Lipinski definition) is 4. The number of ether oxygens (including phenoxy) is 1. The van der Waals surface area contributed by atoms with Crippen molar-refractivity contribution in [2.75, 3.05) is 32.8 Å². The van der Waals surface area contributed by atoms with E-state index in [1.807, 2.05) is 31.5 Å². The van der Waals surface area contributed by atoms with Crippen LogP contribution in [0.15, 0.2) is 59.8 Å². The first kappa shape index (κ1) is 18.9. The highest BCUT2D eigenvalue weighted by Gasteiger charge is 2.30. The van der Waals surface area contributed by atoms with Crippen molar-refractivity contribution in [2.45, 2.75) is 18.5 Å². The molecular weight excluding hydrogens is 376 g/mol. The second-order valence-electron chi connectivity index (χ2n) is 6.92. The van der Waals surface area contributed by atoms with Crippen molar-refractivity contribution in [1.29, 1.82) is 0 Å². The second-order valence-corrected chi connectivity index (χ2v) is 8.86. The molecule has 0 radical (unpaired) electrons. The first-order valence-corrected chi connectivity index (χ1v) is 11.0. The molecule has 0 aliphatic carbocycles. The lowest BCUT2D eigenvalue weighted by Crippen LogP contribution is -3.14. The monoisotopic (exact) mass is 401 g/mol. The van der Waals surface area contributed by atoms with E-state index in [0.29, 0.717) is 30.3 Å². The number of quaternary nitrogens is 1. The van der Waals surface area contributed by atoms with Gasteiger partial charge in [0.15, 0.2) is 6.67 Å². The summed E-state index contributed by atoms with van der Waals surface area (Å²) < 4.78 is 34.9. The predicted octanol–water partition coefficient (Wildman–Crippen LogP) is 0.982. The summed E-state index contributed by atoms with van der Waals surface area (Å²) in [7, 11) is -3.47. The van der Waals surface area contributed by atoms with Crippen molar-refractivity contribution in [1.82, 2.24) is 13.9 Å². The van der Waals surface area contributed by atoms with Crippen LogP contribution in [0.4, 0.5) is 0 Å². The van der Waals surface area contributed by atoms with E-state index in [1.165, 1.54) is 4.90 Å². The highest BCUT2D eigenvalue weighted by Crippen LogP contribution is 2.19. The fourth-order valence-electron chi connectivity index (χ4n) is 3.60. The van der Waals surface area contributed by atoms with E-state index < -0.39 is 10.0 Å². The molecule has 1 aromatic heterocycles. The summed E-state index contributed by atoms with van der Waals surface area (Å²) in [4.78, 5) is 6.10. The molecule has 1 aliphatic rings. The van der Waals surface area contributed by atoms with Gasteiger partial charge in [0, 0.05) is 0 Å². The lowest BCUT2D eigenvalue weighted by molar-refractivity contribution is -0.925. The smallest absolute Gasteiger partial charge is 0.243 e. The minimum absolute atomic E-state index is 0.319. The standard InChI is InChI=1S/C20H24N4O3S/c1-2-27-17-7-9-18(10-8-17)28(25,26)24-13-11-22(12-14-24)16-23-15-21-19-5-3-4-6-20(19)23/h3-10,15H,2,11-14,16H2,1H3/p+1. The van der Waals surface area contributed by atoms with Crippen molar-refractivity contribution >= 4 is 21.1 Å². The van der Waals surface area contributed by atoms with Gasteiger partial charge in [0.05, 0.1) is 48.7 Å². The zero-order valence-corrected chi connectivity index (χ0v) is 16.7. The molecule has 1 saturated heterocycles. The quantitative estimate of drug-likeness (QED) is 0.669. The fraction of sp³-hybridized carbons (Fsp3) is 0.350. The normalized spacial score (nSPS) is 16.5. The highest BCUT2D eigenvalue weighted by molar-refractivity contribution is 7.89. The van der Waals surface area contributed by atoms with Crippen LogP contribution in [0.5, 0.6) is 5.75 Å². The molecule has 7 nitrogen and oxygen atoms in total. The first-order chi connectivity index (χ1) is 13.6. The third-order valence-electron chi connectivity index (χ3n) is 5.12.